The van der Waals surface area contributed by atoms with Crippen LogP contribution in [0.3, 0.4) is 0 Å². The molecule has 0 aliphatic carbocycles. The van der Waals surface area contributed by atoms with E-state index >= 15 is 0 Å². The second-order valence-electron chi connectivity index (χ2n) is 3.69. The number of rotatable bonds is 3. The maximum atomic E-state index is 9.25. The van der Waals surface area contributed by atoms with Crippen LogP contribution < -0.4 is 0 Å². The van der Waals surface area contributed by atoms with Crippen LogP contribution in [0.15, 0.2) is 24.3 Å². The summed E-state index contributed by atoms with van der Waals surface area (Å²) in [7, 11) is 4.13. The Kier molecular flexibility index (Phi) is 3.32. The molecule has 0 amide bonds. The maximum absolute atomic E-state index is 9.25. The van der Waals surface area contributed by atoms with E-state index in [4.69, 9.17) is 0 Å². The third-order valence-corrected chi connectivity index (χ3v) is 2.32. The molecule has 0 bridgehead atoms. The minimum atomic E-state index is 0.350. The molecule has 1 atom stereocenters. The van der Waals surface area contributed by atoms with Crippen molar-refractivity contribution in [2.45, 2.75) is 19.4 Å². The maximum Gasteiger partial charge on any atom is 0.115 e. The highest BCUT2D eigenvalue weighted by atomic mass is 16.3. The first-order valence-corrected chi connectivity index (χ1v) is 4.54. The molecule has 0 saturated heterocycles. The average molecular weight is 179 g/mol. The average Bonchev–Trinajstić information content (AvgIpc) is 2.04. The lowest BCUT2D eigenvalue weighted by Crippen LogP contribution is -2.26. The predicted molar refractivity (Wildman–Crippen MR) is 55.0 cm³/mol. The molecule has 72 valence electrons. The Morgan fingerprint density at radius 3 is 2.62 bits per heavy atom. The minimum Gasteiger partial charge on any atom is -0.508 e. The lowest BCUT2D eigenvalue weighted by atomic mass is 10.1. The number of hydrogen-bond acceptors (Lipinski definition) is 2. The zero-order valence-corrected chi connectivity index (χ0v) is 8.49. The van der Waals surface area contributed by atoms with E-state index in [0.29, 0.717) is 11.8 Å². The van der Waals surface area contributed by atoms with E-state index in [9.17, 15) is 5.11 Å². The molecule has 2 heteroatoms. The summed E-state index contributed by atoms with van der Waals surface area (Å²) in [4.78, 5) is 2.17. The molecule has 0 saturated carbocycles. The molecule has 1 aromatic rings. The summed E-state index contributed by atoms with van der Waals surface area (Å²) in [6.45, 7) is 2.17. The van der Waals surface area contributed by atoms with Crippen molar-refractivity contribution in [1.82, 2.24) is 4.90 Å². The van der Waals surface area contributed by atoms with Gasteiger partial charge in [0.25, 0.3) is 0 Å². The Morgan fingerprint density at radius 1 is 1.38 bits per heavy atom. The molecule has 1 rings (SSSR count). The molecule has 0 heterocycles. The van der Waals surface area contributed by atoms with Gasteiger partial charge in [-0.3, -0.25) is 0 Å². The highest BCUT2D eigenvalue weighted by Crippen LogP contribution is 2.13. The van der Waals surface area contributed by atoms with Gasteiger partial charge in [-0.25, -0.2) is 0 Å². The first-order chi connectivity index (χ1) is 6.09. The highest BCUT2D eigenvalue weighted by Gasteiger charge is 2.05. The summed E-state index contributed by atoms with van der Waals surface area (Å²) >= 11 is 0. The van der Waals surface area contributed by atoms with E-state index in [1.807, 2.05) is 18.2 Å². The Hall–Kier alpha value is -1.02. The predicted octanol–water partition coefficient (Wildman–Crippen LogP) is 1.88. The van der Waals surface area contributed by atoms with Crippen molar-refractivity contribution in [3.8, 4) is 5.75 Å². The van der Waals surface area contributed by atoms with Gasteiger partial charge in [0.2, 0.25) is 0 Å². The molecule has 1 N–H and O–H groups in total. The molecule has 2 nitrogen and oxygen atoms in total. The molecule has 0 radical (unpaired) electrons. The van der Waals surface area contributed by atoms with Gasteiger partial charge >= 0.3 is 0 Å². The van der Waals surface area contributed by atoms with Crippen LogP contribution in [-0.4, -0.2) is 30.1 Å². The number of likely N-dealkylation sites (N-methyl/N-ethyl adjacent to an activating group) is 1. The van der Waals surface area contributed by atoms with Crippen LogP contribution in [0, 0.1) is 0 Å². The lowest BCUT2D eigenvalue weighted by Gasteiger charge is -2.19. The Bertz CT molecular complexity index is 271. The molecule has 0 aliphatic heterocycles. The number of phenolic OH excluding ortho intramolecular Hbond substituents is 1. The minimum absolute atomic E-state index is 0.350. The fraction of sp³-hybridized carbons (Fsp3) is 0.455. The summed E-state index contributed by atoms with van der Waals surface area (Å²) < 4.78 is 0. The molecular weight excluding hydrogens is 162 g/mol. The van der Waals surface area contributed by atoms with Crippen molar-refractivity contribution < 1.29 is 5.11 Å². The van der Waals surface area contributed by atoms with Crippen molar-refractivity contribution in [2.24, 2.45) is 0 Å². The summed E-state index contributed by atoms with van der Waals surface area (Å²) in [6, 6.07) is 7.94. The molecule has 0 aromatic heterocycles. The number of aromatic hydroxyl groups is 1. The smallest absolute Gasteiger partial charge is 0.115 e. The van der Waals surface area contributed by atoms with E-state index in [1.54, 1.807) is 6.07 Å². The summed E-state index contributed by atoms with van der Waals surface area (Å²) in [5, 5.41) is 9.25. The van der Waals surface area contributed by atoms with Gasteiger partial charge in [-0.2, -0.15) is 0 Å². The third kappa shape index (κ3) is 3.07. The number of benzene rings is 1. The summed E-state index contributed by atoms with van der Waals surface area (Å²) in [5.41, 5.74) is 1.18. The fourth-order valence-electron chi connectivity index (χ4n) is 1.21. The molecule has 0 fully saturated rings. The third-order valence-electron chi connectivity index (χ3n) is 2.32. The van der Waals surface area contributed by atoms with Gasteiger partial charge in [-0.15, -0.1) is 0 Å². The first kappa shape index (κ1) is 10.1. The number of hydrogen-bond donors (Lipinski definition) is 1. The van der Waals surface area contributed by atoms with Gasteiger partial charge in [0.15, 0.2) is 0 Å². The van der Waals surface area contributed by atoms with Crippen molar-refractivity contribution in [3.05, 3.63) is 29.8 Å². The van der Waals surface area contributed by atoms with E-state index < -0.39 is 0 Å². The van der Waals surface area contributed by atoms with Gasteiger partial charge in [-0.05, 0) is 45.1 Å². The van der Waals surface area contributed by atoms with Gasteiger partial charge in [0.1, 0.15) is 5.75 Å². The quantitative estimate of drug-likeness (QED) is 0.766. The van der Waals surface area contributed by atoms with Crippen molar-refractivity contribution in [1.29, 1.82) is 0 Å². The summed E-state index contributed by atoms with van der Waals surface area (Å²) in [6.07, 6.45) is 0.974. The molecular formula is C11H17NO. The topological polar surface area (TPSA) is 23.5 Å². The zero-order valence-electron chi connectivity index (χ0n) is 8.49. The van der Waals surface area contributed by atoms with Crippen molar-refractivity contribution >= 4 is 0 Å². The molecule has 1 unspecified atom stereocenters. The normalized spacial score (nSPS) is 13.2. The van der Waals surface area contributed by atoms with Crippen LogP contribution in [0.2, 0.25) is 0 Å². The lowest BCUT2D eigenvalue weighted by molar-refractivity contribution is 0.312. The largest absolute Gasteiger partial charge is 0.508 e. The molecule has 13 heavy (non-hydrogen) atoms. The van der Waals surface area contributed by atoms with Gasteiger partial charge < -0.3 is 10.0 Å². The second kappa shape index (κ2) is 4.28. The van der Waals surface area contributed by atoms with Gasteiger partial charge in [0.05, 0.1) is 0 Å². The number of phenols is 1. The van der Waals surface area contributed by atoms with E-state index in [1.165, 1.54) is 5.56 Å². The van der Waals surface area contributed by atoms with E-state index in [0.717, 1.165) is 6.42 Å². The van der Waals surface area contributed by atoms with Gasteiger partial charge in [-0.1, -0.05) is 12.1 Å². The molecule has 1 aromatic carbocycles. The number of nitrogens with zero attached hydrogens (tertiary/aromatic N) is 1. The Morgan fingerprint density at radius 2 is 2.08 bits per heavy atom. The Labute approximate surface area is 79.8 Å². The van der Waals surface area contributed by atoms with Gasteiger partial charge in [0, 0.05) is 6.04 Å². The van der Waals surface area contributed by atoms with E-state index in [2.05, 4.69) is 25.9 Å². The first-order valence-electron chi connectivity index (χ1n) is 4.54. The van der Waals surface area contributed by atoms with Crippen LogP contribution in [0.4, 0.5) is 0 Å². The van der Waals surface area contributed by atoms with Crippen molar-refractivity contribution in [2.75, 3.05) is 14.1 Å². The van der Waals surface area contributed by atoms with Crippen molar-refractivity contribution in [3.63, 3.8) is 0 Å². The van der Waals surface area contributed by atoms with Crippen LogP contribution in [0.5, 0.6) is 5.75 Å². The highest BCUT2D eigenvalue weighted by molar-refractivity contribution is 5.27. The standard InChI is InChI=1S/C11H17NO/c1-9(12(2)3)7-10-5-4-6-11(13)8-10/h4-6,8-9,13H,7H2,1-3H3. The SMILES string of the molecule is CC(Cc1cccc(O)c1)N(C)C. The van der Waals surface area contributed by atoms with Crippen LogP contribution in [0.1, 0.15) is 12.5 Å². The Balaban J connectivity index is 2.64. The summed E-state index contributed by atoms with van der Waals surface area (Å²) in [5.74, 6) is 0.350. The molecule has 0 aliphatic rings. The van der Waals surface area contributed by atoms with E-state index in [-0.39, 0.29) is 0 Å². The van der Waals surface area contributed by atoms with Crippen LogP contribution >= 0.6 is 0 Å². The second-order valence-corrected chi connectivity index (χ2v) is 3.69. The van der Waals surface area contributed by atoms with Crippen LogP contribution in [0.25, 0.3) is 0 Å². The van der Waals surface area contributed by atoms with Crippen LogP contribution in [-0.2, 0) is 6.42 Å². The molecule has 0 spiro atoms. The monoisotopic (exact) mass is 179 g/mol. The zero-order chi connectivity index (χ0) is 9.84. The fourth-order valence-corrected chi connectivity index (χ4v) is 1.21.